The van der Waals surface area contributed by atoms with E-state index in [1.165, 1.54) is 48.7 Å². The number of rotatable bonds is 4. The fourth-order valence-electron chi connectivity index (χ4n) is 6.50. The molecule has 0 spiro atoms. The fourth-order valence-corrected chi connectivity index (χ4v) is 9.15. The summed E-state index contributed by atoms with van der Waals surface area (Å²) in [5.74, 6) is 0. The van der Waals surface area contributed by atoms with E-state index in [1.807, 2.05) is 60.7 Å². The van der Waals surface area contributed by atoms with Crippen molar-refractivity contribution in [2.45, 2.75) is 0 Å². The molecule has 0 heterocycles. The van der Waals surface area contributed by atoms with Gasteiger partial charge in [0.2, 0.25) is 0 Å². The largest absolute Gasteiger partial charge is 0.309 e. The van der Waals surface area contributed by atoms with E-state index in [1.54, 1.807) is 0 Å². The highest BCUT2D eigenvalue weighted by Gasteiger charge is 2.29. The van der Waals surface area contributed by atoms with Crippen molar-refractivity contribution in [2.24, 2.45) is 0 Å². The van der Waals surface area contributed by atoms with Gasteiger partial charge in [0.25, 0.3) is 0 Å². The smallest absolute Gasteiger partial charge is 0.171 e. The van der Waals surface area contributed by atoms with E-state index in [4.69, 9.17) is 0 Å². The van der Waals surface area contributed by atoms with Gasteiger partial charge in [-0.25, -0.2) is 0 Å². The molecule has 0 unspecified atom stereocenters. The summed E-state index contributed by atoms with van der Waals surface area (Å²) >= 11 is 0. The maximum Gasteiger partial charge on any atom is 0.171 e. The van der Waals surface area contributed by atoms with Crippen LogP contribution in [-0.2, 0) is 4.57 Å². The van der Waals surface area contributed by atoms with Gasteiger partial charge in [0, 0.05) is 15.9 Å². The molecule has 8 aromatic carbocycles. The zero-order valence-electron chi connectivity index (χ0n) is 22.9. The molecule has 8 aromatic rings. The third-order valence-corrected chi connectivity index (χ3v) is 11.6. The van der Waals surface area contributed by atoms with Crippen molar-refractivity contribution in [1.82, 2.24) is 0 Å². The zero-order valence-corrected chi connectivity index (χ0v) is 23.8. The summed E-state index contributed by atoms with van der Waals surface area (Å²) in [6, 6.07) is 56.8. The van der Waals surface area contributed by atoms with E-state index in [9.17, 15) is 4.57 Å². The second-order valence-electron chi connectivity index (χ2n) is 10.8. The van der Waals surface area contributed by atoms with Crippen LogP contribution in [0.3, 0.4) is 0 Å². The minimum absolute atomic E-state index is 0.837. The first kappa shape index (κ1) is 24.8. The lowest BCUT2D eigenvalue weighted by molar-refractivity contribution is 0.592. The molecule has 2 heteroatoms. The zero-order chi connectivity index (χ0) is 28.1. The molecule has 0 aliphatic heterocycles. The fraction of sp³-hybridized carbons (Fsp3) is 0. The SMILES string of the molecule is O=P(c1ccccc1)(c1ccccc1)c1ccc(-c2c3ccc4ccccc4c3cc3c2ccc2ccccc23)cc1. The molecule has 0 N–H and O–H groups in total. The number of hydrogen-bond donors (Lipinski definition) is 0. The molecule has 0 aliphatic carbocycles. The van der Waals surface area contributed by atoms with Crippen LogP contribution in [0.2, 0.25) is 0 Å². The number of benzene rings is 8. The molecule has 0 radical (unpaired) electrons. The lowest BCUT2D eigenvalue weighted by atomic mass is 9.88. The summed E-state index contributed by atoms with van der Waals surface area (Å²) in [5, 5.41) is 12.4. The molecular formula is C40H27OP. The summed E-state index contributed by atoms with van der Waals surface area (Å²) in [7, 11) is -3.05. The molecule has 42 heavy (non-hydrogen) atoms. The molecule has 1 nitrogen and oxygen atoms in total. The van der Waals surface area contributed by atoms with Crippen molar-refractivity contribution in [3.05, 3.63) is 164 Å². The molecule has 8 rings (SSSR count). The molecule has 0 amide bonds. The van der Waals surface area contributed by atoms with Crippen molar-refractivity contribution < 1.29 is 4.57 Å². The van der Waals surface area contributed by atoms with Crippen LogP contribution in [0, 0.1) is 0 Å². The Hall–Kier alpha value is -4.97. The molecule has 0 saturated carbocycles. The Morgan fingerprint density at radius 3 is 1.26 bits per heavy atom. The van der Waals surface area contributed by atoms with E-state index < -0.39 is 7.14 Å². The minimum Gasteiger partial charge on any atom is -0.309 e. The number of fused-ring (bicyclic) bond motifs is 6. The first-order chi connectivity index (χ1) is 20.7. The Morgan fingerprint density at radius 1 is 0.333 bits per heavy atom. The lowest BCUT2D eigenvalue weighted by Crippen LogP contribution is -2.24. The predicted molar refractivity (Wildman–Crippen MR) is 181 cm³/mol. The van der Waals surface area contributed by atoms with Crippen molar-refractivity contribution in [1.29, 1.82) is 0 Å². The predicted octanol–water partition coefficient (Wildman–Crippen LogP) is 9.61. The van der Waals surface area contributed by atoms with Gasteiger partial charge in [-0.15, -0.1) is 0 Å². The first-order valence-electron chi connectivity index (χ1n) is 14.3. The van der Waals surface area contributed by atoms with E-state index in [0.717, 1.165) is 21.5 Å². The third kappa shape index (κ3) is 3.82. The van der Waals surface area contributed by atoms with Crippen LogP contribution in [0.5, 0.6) is 0 Å². The van der Waals surface area contributed by atoms with E-state index in [-0.39, 0.29) is 0 Å². The van der Waals surface area contributed by atoms with Crippen LogP contribution in [0.25, 0.3) is 54.2 Å². The maximum atomic E-state index is 15.0. The van der Waals surface area contributed by atoms with Gasteiger partial charge in [-0.2, -0.15) is 0 Å². The molecule has 0 aromatic heterocycles. The standard InChI is InChI=1S/C40H27OP/c41-42(31-13-3-1-4-14-31,32-15-5-2-6-16-32)33-23-19-30(20-24-33)40-36-25-21-28-11-7-9-17-34(28)38(36)27-39-35-18-10-8-12-29(35)22-26-37(39)40/h1-27H. The summed E-state index contributed by atoms with van der Waals surface area (Å²) < 4.78 is 15.0. The Kier molecular flexibility index (Phi) is 5.81. The Bertz CT molecular complexity index is 2170. The molecule has 0 bridgehead atoms. The van der Waals surface area contributed by atoms with Crippen molar-refractivity contribution in [2.75, 3.05) is 0 Å². The van der Waals surface area contributed by atoms with Gasteiger partial charge in [-0.05, 0) is 60.3 Å². The highest BCUT2D eigenvalue weighted by atomic mass is 31.2. The number of hydrogen-bond acceptors (Lipinski definition) is 1. The average Bonchev–Trinajstić information content (AvgIpc) is 3.07. The van der Waals surface area contributed by atoms with Gasteiger partial charge in [0.05, 0.1) is 0 Å². The van der Waals surface area contributed by atoms with Crippen molar-refractivity contribution in [3.63, 3.8) is 0 Å². The normalized spacial score (nSPS) is 11.9. The quantitative estimate of drug-likeness (QED) is 0.120. The molecule has 0 saturated heterocycles. The molecular weight excluding hydrogens is 527 g/mol. The monoisotopic (exact) mass is 554 g/mol. The van der Waals surface area contributed by atoms with Crippen molar-refractivity contribution >= 4 is 66.1 Å². The van der Waals surface area contributed by atoms with Crippen molar-refractivity contribution in [3.8, 4) is 11.1 Å². The summed E-state index contributed by atoms with van der Waals surface area (Å²) in [6.45, 7) is 0. The maximum absolute atomic E-state index is 15.0. The second kappa shape index (κ2) is 9.84. The molecule has 198 valence electrons. The summed E-state index contributed by atoms with van der Waals surface area (Å²) in [5.41, 5.74) is 2.33. The van der Waals surface area contributed by atoms with Gasteiger partial charge < -0.3 is 4.57 Å². The van der Waals surface area contributed by atoms with E-state index in [0.29, 0.717) is 0 Å². The van der Waals surface area contributed by atoms with Gasteiger partial charge >= 0.3 is 0 Å². The highest BCUT2D eigenvalue weighted by molar-refractivity contribution is 7.85. The van der Waals surface area contributed by atoms with Gasteiger partial charge in [-0.3, -0.25) is 0 Å². The molecule has 0 fully saturated rings. The minimum atomic E-state index is -3.05. The summed E-state index contributed by atoms with van der Waals surface area (Å²) in [4.78, 5) is 0. The molecule has 0 aliphatic rings. The Balaban J connectivity index is 1.41. The van der Waals surface area contributed by atoms with Crippen LogP contribution in [0.4, 0.5) is 0 Å². The summed E-state index contributed by atoms with van der Waals surface area (Å²) in [6.07, 6.45) is 0. The van der Waals surface area contributed by atoms with Crippen LogP contribution in [0.15, 0.2) is 164 Å². The first-order valence-corrected chi connectivity index (χ1v) is 16.0. The topological polar surface area (TPSA) is 17.1 Å². The van der Waals surface area contributed by atoms with Crippen LogP contribution in [-0.4, -0.2) is 0 Å². The Labute approximate surface area is 245 Å². The van der Waals surface area contributed by atoms with E-state index in [2.05, 4.69) is 103 Å². The lowest BCUT2D eigenvalue weighted by Gasteiger charge is -2.21. The Morgan fingerprint density at radius 2 is 0.762 bits per heavy atom. The van der Waals surface area contributed by atoms with Crippen LogP contribution < -0.4 is 15.9 Å². The highest BCUT2D eigenvalue weighted by Crippen LogP contribution is 2.44. The average molecular weight is 555 g/mol. The third-order valence-electron chi connectivity index (χ3n) is 8.53. The van der Waals surface area contributed by atoms with Crippen LogP contribution >= 0.6 is 7.14 Å². The van der Waals surface area contributed by atoms with Gasteiger partial charge in [0.1, 0.15) is 0 Å². The van der Waals surface area contributed by atoms with E-state index >= 15 is 0 Å². The second-order valence-corrected chi connectivity index (χ2v) is 13.6. The van der Waals surface area contributed by atoms with Gasteiger partial charge in [0.15, 0.2) is 7.14 Å². The van der Waals surface area contributed by atoms with Gasteiger partial charge in [-0.1, -0.05) is 158 Å². The molecule has 0 atom stereocenters. The van der Waals surface area contributed by atoms with Crippen LogP contribution in [0.1, 0.15) is 0 Å².